The van der Waals surface area contributed by atoms with E-state index >= 15 is 0 Å². The van der Waals surface area contributed by atoms with Gasteiger partial charge in [0.2, 0.25) is 0 Å². The Morgan fingerprint density at radius 1 is 1.20 bits per heavy atom. The maximum Gasteiger partial charge on any atom is 0.408 e. The van der Waals surface area contributed by atoms with Gasteiger partial charge in [-0.2, -0.15) is 0 Å². The van der Waals surface area contributed by atoms with Crippen LogP contribution in [-0.4, -0.2) is 42.2 Å². The van der Waals surface area contributed by atoms with Gasteiger partial charge in [0, 0.05) is 11.8 Å². The number of rotatable bonds is 8. The average Bonchev–Trinajstić information content (AvgIpc) is 2.52. The summed E-state index contributed by atoms with van der Waals surface area (Å²) < 4.78 is 15.8. The minimum absolute atomic E-state index is 0.241. The molecule has 0 aliphatic heterocycles. The molecule has 0 bridgehead atoms. The monoisotopic (exact) mass is 415 g/mol. The average molecular weight is 416 g/mol. The number of esters is 1. The predicted molar refractivity (Wildman–Crippen MR) is 99.2 cm³/mol. The molecule has 0 radical (unpaired) electrons. The summed E-state index contributed by atoms with van der Waals surface area (Å²) in [6.07, 6.45) is -0.348. The molecule has 0 heterocycles. The molecule has 6 nitrogen and oxygen atoms in total. The molecule has 0 spiro atoms. The number of ether oxygens (including phenoxy) is 3. The van der Waals surface area contributed by atoms with E-state index in [4.69, 9.17) is 14.2 Å². The highest BCUT2D eigenvalue weighted by Crippen LogP contribution is 2.15. The first-order valence-corrected chi connectivity index (χ1v) is 9.31. The van der Waals surface area contributed by atoms with Crippen molar-refractivity contribution in [2.45, 2.75) is 45.8 Å². The molecule has 1 N–H and O–H groups in total. The summed E-state index contributed by atoms with van der Waals surface area (Å²) in [5.74, 6) is 0.254. The van der Waals surface area contributed by atoms with Gasteiger partial charge in [-0.25, -0.2) is 9.59 Å². The standard InChI is InChI=1S/C18H26BrNO5/c1-5-23-16(21)15(20-17(22)25-18(2,3)4)12-13-6-8-14(9-7-13)24-11-10-19/h6-9,15H,5,10-12H2,1-4H3,(H,20,22)/t15-/m1/s1. The molecule has 0 unspecified atom stereocenters. The molecule has 1 amide bonds. The van der Waals surface area contributed by atoms with Crippen molar-refractivity contribution in [2.24, 2.45) is 0 Å². The highest BCUT2D eigenvalue weighted by molar-refractivity contribution is 9.09. The number of halogens is 1. The zero-order valence-corrected chi connectivity index (χ0v) is 16.7. The number of nitrogens with one attached hydrogen (secondary N) is 1. The Bertz CT molecular complexity index is 554. The van der Waals surface area contributed by atoms with Gasteiger partial charge in [-0.05, 0) is 45.4 Å². The fraction of sp³-hybridized carbons (Fsp3) is 0.556. The van der Waals surface area contributed by atoms with Crippen molar-refractivity contribution in [1.82, 2.24) is 5.32 Å². The van der Waals surface area contributed by atoms with Crippen LogP contribution in [0.3, 0.4) is 0 Å². The van der Waals surface area contributed by atoms with Crippen molar-refractivity contribution in [3.8, 4) is 5.75 Å². The molecule has 0 saturated heterocycles. The maximum absolute atomic E-state index is 12.1. The van der Waals surface area contributed by atoms with Gasteiger partial charge < -0.3 is 19.5 Å². The molecule has 0 aromatic heterocycles. The van der Waals surface area contributed by atoms with E-state index < -0.39 is 23.7 Å². The minimum Gasteiger partial charge on any atom is -0.493 e. The first-order valence-electron chi connectivity index (χ1n) is 8.19. The van der Waals surface area contributed by atoms with E-state index in [1.165, 1.54) is 0 Å². The summed E-state index contributed by atoms with van der Waals surface area (Å²) >= 11 is 3.30. The second-order valence-corrected chi connectivity index (χ2v) is 7.13. The van der Waals surface area contributed by atoms with Crippen LogP contribution < -0.4 is 10.1 Å². The Morgan fingerprint density at radius 2 is 1.84 bits per heavy atom. The molecule has 140 valence electrons. The van der Waals surface area contributed by atoms with Crippen LogP contribution in [0.1, 0.15) is 33.3 Å². The number of alkyl carbamates (subject to hydrolysis) is 1. The molecule has 25 heavy (non-hydrogen) atoms. The summed E-state index contributed by atoms with van der Waals surface area (Å²) in [6, 6.07) is 6.55. The van der Waals surface area contributed by atoms with Crippen molar-refractivity contribution in [3.63, 3.8) is 0 Å². The molecule has 1 rings (SSSR count). The first-order chi connectivity index (χ1) is 11.7. The Morgan fingerprint density at radius 3 is 2.36 bits per heavy atom. The third kappa shape index (κ3) is 8.77. The van der Waals surface area contributed by atoms with Gasteiger partial charge in [0.05, 0.1) is 13.2 Å². The summed E-state index contributed by atoms with van der Waals surface area (Å²) in [4.78, 5) is 24.1. The van der Waals surface area contributed by atoms with Crippen LogP contribution in [0.4, 0.5) is 4.79 Å². The molecule has 0 saturated carbocycles. The lowest BCUT2D eigenvalue weighted by molar-refractivity contribution is -0.145. The normalized spacial score (nSPS) is 12.2. The van der Waals surface area contributed by atoms with E-state index in [2.05, 4.69) is 21.2 Å². The number of benzene rings is 1. The summed E-state index contributed by atoms with van der Waals surface area (Å²) in [6.45, 7) is 7.82. The highest BCUT2D eigenvalue weighted by atomic mass is 79.9. The zero-order chi connectivity index (χ0) is 18.9. The van der Waals surface area contributed by atoms with Crippen LogP contribution in [0.25, 0.3) is 0 Å². The van der Waals surface area contributed by atoms with Crippen LogP contribution in [0.15, 0.2) is 24.3 Å². The third-order valence-electron chi connectivity index (χ3n) is 2.97. The molecule has 1 aromatic rings. The molecule has 1 atom stereocenters. The summed E-state index contributed by atoms with van der Waals surface area (Å²) in [5, 5.41) is 3.33. The number of hydrogen-bond donors (Lipinski definition) is 1. The quantitative estimate of drug-likeness (QED) is 0.519. The lowest BCUT2D eigenvalue weighted by atomic mass is 10.1. The minimum atomic E-state index is -0.816. The third-order valence-corrected chi connectivity index (χ3v) is 3.29. The Kier molecular flexibility index (Phi) is 8.75. The number of alkyl halides is 1. The van der Waals surface area contributed by atoms with Crippen molar-refractivity contribution >= 4 is 28.0 Å². The van der Waals surface area contributed by atoms with Gasteiger partial charge in [0.15, 0.2) is 0 Å². The number of amides is 1. The Balaban J connectivity index is 2.76. The maximum atomic E-state index is 12.1. The summed E-state index contributed by atoms with van der Waals surface area (Å²) in [7, 11) is 0. The van der Waals surface area contributed by atoms with Gasteiger partial charge in [-0.1, -0.05) is 28.1 Å². The molecule has 0 aliphatic rings. The molecule has 0 fully saturated rings. The van der Waals surface area contributed by atoms with Gasteiger partial charge in [0.1, 0.15) is 17.4 Å². The van der Waals surface area contributed by atoms with Crippen molar-refractivity contribution in [1.29, 1.82) is 0 Å². The van der Waals surface area contributed by atoms with Crippen molar-refractivity contribution in [3.05, 3.63) is 29.8 Å². The first kappa shape index (κ1) is 21.3. The fourth-order valence-electron chi connectivity index (χ4n) is 2.00. The van der Waals surface area contributed by atoms with Crippen molar-refractivity contribution in [2.75, 3.05) is 18.5 Å². The van der Waals surface area contributed by atoms with E-state index in [1.807, 2.05) is 24.3 Å². The van der Waals surface area contributed by atoms with E-state index in [0.29, 0.717) is 13.0 Å². The largest absolute Gasteiger partial charge is 0.493 e. The molecule has 7 heteroatoms. The van der Waals surface area contributed by atoms with Gasteiger partial charge in [-0.3, -0.25) is 0 Å². The highest BCUT2D eigenvalue weighted by Gasteiger charge is 2.25. The molecule has 1 aromatic carbocycles. The van der Waals surface area contributed by atoms with E-state index in [1.54, 1.807) is 27.7 Å². The lowest BCUT2D eigenvalue weighted by Gasteiger charge is -2.23. The van der Waals surface area contributed by atoms with Crippen LogP contribution in [0, 0.1) is 0 Å². The van der Waals surface area contributed by atoms with Crippen molar-refractivity contribution < 1.29 is 23.8 Å². The van der Waals surface area contributed by atoms with E-state index in [-0.39, 0.29) is 6.61 Å². The second kappa shape index (κ2) is 10.3. The van der Waals surface area contributed by atoms with Crippen LogP contribution in [-0.2, 0) is 20.7 Å². The molecular weight excluding hydrogens is 390 g/mol. The van der Waals surface area contributed by atoms with Crippen LogP contribution >= 0.6 is 15.9 Å². The van der Waals surface area contributed by atoms with Gasteiger partial charge >= 0.3 is 12.1 Å². The molecular formula is C18H26BrNO5. The SMILES string of the molecule is CCOC(=O)[C@@H](Cc1ccc(OCCBr)cc1)NC(=O)OC(C)(C)C. The Labute approximate surface area is 157 Å². The van der Waals surface area contributed by atoms with E-state index in [0.717, 1.165) is 16.6 Å². The van der Waals surface area contributed by atoms with Gasteiger partial charge in [0.25, 0.3) is 0 Å². The molecule has 0 aliphatic carbocycles. The number of carbonyl (C=O) groups excluding carboxylic acids is 2. The summed E-state index contributed by atoms with van der Waals surface area (Å²) in [5.41, 5.74) is 0.234. The number of hydrogen-bond acceptors (Lipinski definition) is 5. The lowest BCUT2D eigenvalue weighted by Crippen LogP contribution is -2.45. The Hall–Kier alpha value is -1.76. The zero-order valence-electron chi connectivity index (χ0n) is 15.1. The van der Waals surface area contributed by atoms with Gasteiger partial charge in [-0.15, -0.1) is 0 Å². The topological polar surface area (TPSA) is 73.9 Å². The fourth-order valence-corrected chi connectivity index (χ4v) is 2.16. The second-order valence-electron chi connectivity index (χ2n) is 6.34. The predicted octanol–water partition coefficient (Wildman–Crippen LogP) is 3.46. The van der Waals surface area contributed by atoms with Crippen LogP contribution in [0.5, 0.6) is 5.75 Å². The van der Waals surface area contributed by atoms with Crippen LogP contribution in [0.2, 0.25) is 0 Å². The number of carbonyl (C=O) groups is 2. The smallest absolute Gasteiger partial charge is 0.408 e. The van der Waals surface area contributed by atoms with E-state index in [9.17, 15) is 9.59 Å².